The number of halogens is 3. The van der Waals surface area contributed by atoms with Crippen LogP contribution in [0.2, 0.25) is 10.0 Å². The van der Waals surface area contributed by atoms with Crippen molar-refractivity contribution in [3.63, 3.8) is 0 Å². The smallest absolute Gasteiger partial charge is 0.131 e. The number of benzene rings is 2. The first kappa shape index (κ1) is 17.5. The van der Waals surface area contributed by atoms with Crippen molar-refractivity contribution < 1.29 is 9.13 Å². The number of rotatable bonds is 4. The standard InChI is InChI=1S/C18H16Cl2FNOS/c19-12-6-7-17(13(10-12)18(24)22-8-1-2-9-22)23-11-14-15(20)4-3-5-16(14)21/h3-7,10H,1-2,8-9,11H2. The van der Waals surface area contributed by atoms with Crippen LogP contribution >= 0.6 is 35.4 Å². The fourth-order valence-electron chi connectivity index (χ4n) is 2.71. The minimum Gasteiger partial charge on any atom is -0.488 e. The Morgan fingerprint density at radius 1 is 1.17 bits per heavy atom. The molecule has 0 spiro atoms. The first-order valence-corrected chi connectivity index (χ1v) is 8.87. The van der Waals surface area contributed by atoms with Crippen LogP contribution in [0.3, 0.4) is 0 Å². The van der Waals surface area contributed by atoms with E-state index in [-0.39, 0.29) is 12.4 Å². The third-order valence-corrected chi connectivity index (χ3v) is 5.07. The summed E-state index contributed by atoms with van der Waals surface area (Å²) >= 11 is 17.8. The molecule has 0 aliphatic carbocycles. The largest absolute Gasteiger partial charge is 0.488 e. The third-order valence-electron chi connectivity index (χ3n) is 4.00. The lowest BCUT2D eigenvalue weighted by Gasteiger charge is -2.21. The van der Waals surface area contributed by atoms with Gasteiger partial charge >= 0.3 is 0 Å². The molecule has 0 unspecified atom stereocenters. The lowest BCUT2D eigenvalue weighted by Crippen LogP contribution is -2.27. The Kier molecular flexibility index (Phi) is 5.59. The quantitative estimate of drug-likeness (QED) is 0.648. The van der Waals surface area contributed by atoms with E-state index < -0.39 is 0 Å². The highest BCUT2D eigenvalue weighted by atomic mass is 35.5. The molecule has 1 aliphatic rings. The molecule has 0 N–H and O–H groups in total. The van der Waals surface area contributed by atoms with Gasteiger partial charge in [0.1, 0.15) is 23.2 Å². The molecule has 2 aromatic rings. The zero-order valence-corrected chi connectivity index (χ0v) is 15.2. The van der Waals surface area contributed by atoms with Crippen LogP contribution in [0.4, 0.5) is 4.39 Å². The lowest BCUT2D eigenvalue weighted by atomic mass is 10.1. The summed E-state index contributed by atoms with van der Waals surface area (Å²) in [5.74, 6) is 0.191. The highest BCUT2D eigenvalue weighted by Gasteiger charge is 2.20. The van der Waals surface area contributed by atoms with E-state index in [0.29, 0.717) is 26.3 Å². The van der Waals surface area contributed by atoms with Crippen LogP contribution in [0.5, 0.6) is 5.75 Å². The molecule has 1 heterocycles. The average molecular weight is 384 g/mol. The molecular weight excluding hydrogens is 368 g/mol. The van der Waals surface area contributed by atoms with Crippen molar-refractivity contribution in [2.75, 3.05) is 13.1 Å². The van der Waals surface area contributed by atoms with Gasteiger partial charge in [0.15, 0.2) is 0 Å². The zero-order chi connectivity index (χ0) is 17.1. The Morgan fingerprint density at radius 3 is 2.62 bits per heavy atom. The molecule has 3 rings (SSSR count). The summed E-state index contributed by atoms with van der Waals surface area (Å²) in [6.45, 7) is 1.90. The highest BCUT2D eigenvalue weighted by molar-refractivity contribution is 7.80. The normalized spacial score (nSPS) is 14.0. The van der Waals surface area contributed by atoms with Gasteiger partial charge in [0.25, 0.3) is 0 Å². The average Bonchev–Trinajstić information content (AvgIpc) is 3.09. The van der Waals surface area contributed by atoms with Crippen molar-refractivity contribution in [3.8, 4) is 5.75 Å². The van der Waals surface area contributed by atoms with Gasteiger partial charge in [0.2, 0.25) is 0 Å². The summed E-state index contributed by atoms with van der Waals surface area (Å²) in [4.78, 5) is 2.86. The predicted octanol–water partition coefficient (Wildman–Crippen LogP) is 5.48. The second kappa shape index (κ2) is 7.68. The lowest BCUT2D eigenvalue weighted by molar-refractivity contribution is 0.299. The molecule has 126 valence electrons. The summed E-state index contributed by atoms with van der Waals surface area (Å²) in [6.07, 6.45) is 2.25. The molecular formula is C18H16Cl2FNOS. The van der Waals surface area contributed by atoms with E-state index in [1.165, 1.54) is 6.07 Å². The first-order valence-electron chi connectivity index (χ1n) is 7.71. The second-order valence-electron chi connectivity index (χ2n) is 5.63. The number of nitrogens with zero attached hydrogens (tertiary/aromatic N) is 1. The van der Waals surface area contributed by atoms with E-state index in [4.69, 9.17) is 40.2 Å². The fraction of sp³-hybridized carbons (Fsp3) is 0.278. The molecule has 0 atom stereocenters. The van der Waals surface area contributed by atoms with Gasteiger partial charge in [-0.2, -0.15) is 0 Å². The number of hydrogen-bond donors (Lipinski definition) is 0. The van der Waals surface area contributed by atoms with Gasteiger partial charge < -0.3 is 9.64 Å². The topological polar surface area (TPSA) is 12.5 Å². The maximum atomic E-state index is 13.9. The van der Waals surface area contributed by atoms with Crippen molar-refractivity contribution in [2.45, 2.75) is 19.4 Å². The van der Waals surface area contributed by atoms with Crippen LogP contribution in [-0.2, 0) is 6.61 Å². The molecule has 0 saturated carbocycles. The summed E-state index contributed by atoms with van der Waals surface area (Å²) < 4.78 is 19.7. The third kappa shape index (κ3) is 3.82. The predicted molar refractivity (Wildman–Crippen MR) is 99.7 cm³/mol. The molecule has 0 radical (unpaired) electrons. The van der Waals surface area contributed by atoms with Crippen LogP contribution in [0.1, 0.15) is 24.0 Å². The van der Waals surface area contributed by atoms with Crippen molar-refractivity contribution in [1.82, 2.24) is 4.90 Å². The van der Waals surface area contributed by atoms with Crippen molar-refractivity contribution in [3.05, 3.63) is 63.4 Å². The Hall–Kier alpha value is -1.36. The Morgan fingerprint density at radius 2 is 1.92 bits per heavy atom. The fourth-order valence-corrected chi connectivity index (χ4v) is 3.44. The minimum atomic E-state index is -0.389. The second-order valence-corrected chi connectivity index (χ2v) is 6.86. The SMILES string of the molecule is Fc1cccc(Cl)c1COc1ccc(Cl)cc1C(=S)N1CCCC1. The molecule has 0 bridgehead atoms. The van der Waals surface area contributed by atoms with Gasteiger partial charge in [-0.25, -0.2) is 4.39 Å². The summed E-state index contributed by atoms with van der Waals surface area (Å²) in [6, 6.07) is 9.85. The van der Waals surface area contributed by atoms with Crippen LogP contribution in [0, 0.1) is 5.82 Å². The van der Waals surface area contributed by atoms with Crippen LogP contribution in [0.15, 0.2) is 36.4 Å². The molecule has 1 saturated heterocycles. The molecule has 24 heavy (non-hydrogen) atoms. The zero-order valence-electron chi connectivity index (χ0n) is 12.9. The van der Waals surface area contributed by atoms with Crippen molar-refractivity contribution in [1.29, 1.82) is 0 Å². The molecule has 6 heteroatoms. The maximum absolute atomic E-state index is 13.9. The van der Waals surface area contributed by atoms with Gasteiger partial charge in [-0.1, -0.05) is 41.5 Å². The highest BCUT2D eigenvalue weighted by Crippen LogP contribution is 2.28. The Bertz CT molecular complexity index is 742. The summed E-state index contributed by atoms with van der Waals surface area (Å²) in [5.41, 5.74) is 1.08. The van der Waals surface area contributed by atoms with Gasteiger partial charge in [-0.15, -0.1) is 0 Å². The molecule has 0 amide bonds. The van der Waals surface area contributed by atoms with E-state index in [1.807, 2.05) is 0 Å². The van der Waals surface area contributed by atoms with Crippen molar-refractivity contribution >= 4 is 40.4 Å². The minimum absolute atomic E-state index is 0.0305. The summed E-state index contributed by atoms with van der Waals surface area (Å²) in [7, 11) is 0. The maximum Gasteiger partial charge on any atom is 0.131 e. The van der Waals surface area contributed by atoms with Gasteiger partial charge in [0.05, 0.1) is 10.6 Å². The van der Waals surface area contributed by atoms with Gasteiger partial charge in [-0.05, 0) is 43.2 Å². The van der Waals surface area contributed by atoms with Crippen LogP contribution in [-0.4, -0.2) is 23.0 Å². The van der Waals surface area contributed by atoms with E-state index in [2.05, 4.69) is 4.90 Å². The number of ether oxygens (including phenoxy) is 1. The first-order chi connectivity index (χ1) is 11.6. The Balaban J connectivity index is 1.84. The van der Waals surface area contributed by atoms with E-state index in [1.54, 1.807) is 30.3 Å². The van der Waals surface area contributed by atoms with Crippen LogP contribution < -0.4 is 4.74 Å². The number of likely N-dealkylation sites (tertiary alicyclic amines) is 1. The molecule has 2 aromatic carbocycles. The number of hydrogen-bond acceptors (Lipinski definition) is 2. The van der Waals surface area contributed by atoms with E-state index >= 15 is 0 Å². The Labute approximate surface area is 156 Å². The van der Waals surface area contributed by atoms with E-state index in [9.17, 15) is 4.39 Å². The van der Waals surface area contributed by atoms with Gasteiger partial charge in [0, 0.05) is 23.7 Å². The van der Waals surface area contributed by atoms with Crippen molar-refractivity contribution in [2.24, 2.45) is 0 Å². The van der Waals surface area contributed by atoms with Crippen LogP contribution in [0.25, 0.3) is 0 Å². The molecule has 1 fully saturated rings. The number of thiocarbonyl (C=S) groups is 1. The monoisotopic (exact) mass is 383 g/mol. The molecule has 0 aromatic heterocycles. The summed E-state index contributed by atoms with van der Waals surface area (Å²) in [5, 5.41) is 0.926. The van der Waals surface area contributed by atoms with E-state index in [0.717, 1.165) is 31.5 Å². The molecule has 1 aliphatic heterocycles. The van der Waals surface area contributed by atoms with Gasteiger partial charge in [-0.3, -0.25) is 0 Å². The molecule has 2 nitrogen and oxygen atoms in total.